The van der Waals surface area contributed by atoms with Crippen LogP contribution in [0.2, 0.25) is 0 Å². The van der Waals surface area contributed by atoms with Crippen LogP contribution in [0.5, 0.6) is 0 Å². The summed E-state index contributed by atoms with van der Waals surface area (Å²) >= 11 is 2.52. The molecule has 3 rings (SSSR count). The number of nitrogens with zero attached hydrogens (tertiary/aromatic N) is 2. The third-order valence-corrected chi connectivity index (χ3v) is 8.39. The van der Waals surface area contributed by atoms with E-state index < -0.39 is 17.7 Å². The third-order valence-electron chi connectivity index (χ3n) is 6.31. The fourth-order valence-electron chi connectivity index (χ4n) is 4.30. The highest BCUT2D eigenvalue weighted by Gasteiger charge is 2.31. The number of carbonyl (C=O) groups is 2. The van der Waals surface area contributed by atoms with Gasteiger partial charge < -0.3 is 4.74 Å². The van der Waals surface area contributed by atoms with Crippen molar-refractivity contribution in [2.24, 2.45) is 17.3 Å². The molecule has 1 aliphatic carbocycles. The van der Waals surface area contributed by atoms with Gasteiger partial charge in [0.1, 0.15) is 0 Å². The largest absolute Gasteiger partial charge is 0.465 e. The molecule has 0 atom stereocenters. The summed E-state index contributed by atoms with van der Waals surface area (Å²) in [4.78, 5) is 30.5. The predicted octanol–water partition coefficient (Wildman–Crippen LogP) is 6.97. The Morgan fingerprint density at radius 2 is 1.91 bits per heavy atom. The van der Waals surface area contributed by atoms with E-state index in [0.717, 1.165) is 42.0 Å². The molecule has 2 amide bonds. The number of nitrogens with one attached hydrogen (secondary N) is 1. The smallest absolute Gasteiger partial charge is 0.328 e. The Kier molecular flexibility index (Phi) is 9.52. The lowest BCUT2D eigenvalue weighted by Crippen LogP contribution is -2.40. The van der Waals surface area contributed by atoms with E-state index >= 15 is 0 Å². The van der Waals surface area contributed by atoms with Crippen molar-refractivity contribution in [2.75, 3.05) is 29.1 Å². The van der Waals surface area contributed by atoms with Crippen LogP contribution >= 0.6 is 23.1 Å². The van der Waals surface area contributed by atoms with Crippen LogP contribution in [0, 0.1) is 28.9 Å². The first-order chi connectivity index (χ1) is 16.6. The van der Waals surface area contributed by atoms with Crippen LogP contribution in [0.4, 0.5) is 24.4 Å². The summed E-state index contributed by atoms with van der Waals surface area (Å²) in [5.74, 6) is -1.22. The van der Waals surface area contributed by atoms with Gasteiger partial charge in [-0.2, -0.15) is 0 Å². The molecule has 1 heterocycles. The van der Waals surface area contributed by atoms with E-state index in [2.05, 4.69) is 31.1 Å². The number of anilines is 2. The molecule has 10 heteroatoms. The number of urea groups is 1. The van der Waals surface area contributed by atoms with Crippen LogP contribution in [-0.2, 0) is 9.53 Å². The molecule has 1 fully saturated rings. The number of hydrogen-bond donors (Lipinski definition) is 1. The minimum absolute atomic E-state index is 0.154. The number of thioether (sulfide) groups is 1. The van der Waals surface area contributed by atoms with Crippen LogP contribution < -0.4 is 10.2 Å². The van der Waals surface area contributed by atoms with Crippen LogP contribution in [0.3, 0.4) is 0 Å². The molecule has 1 N–H and O–H groups in total. The number of esters is 1. The summed E-state index contributed by atoms with van der Waals surface area (Å²) in [5, 5.41) is 3.15. The maximum atomic E-state index is 14.0. The molecule has 2 aromatic rings. The Morgan fingerprint density at radius 3 is 2.54 bits per heavy atom. The molecule has 1 aliphatic rings. The zero-order valence-electron chi connectivity index (χ0n) is 20.6. The van der Waals surface area contributed by atoms with Gasteiger partial charge in [0.2, 0.25) is 0 Å². The lowest BCUT2D eigenvalue weighted by atomic mass is 9.70. The van der Waals surface area contributed by atoms with E-state index in [1.807, 2.05) is 0 Å². The Morgan fingerprint density at radius 1 is 1.20 bits per heavy atom. The first-order valence-corrected chi connectivity index (χ1v) is 13.6. The lowest BCUT2D eigenvalue weighted by molar-refractivity contribution is -0.139. The molecular formula is C25H33F2N3O3S2. The van der Waals surface area contributed by atoms with E-state index in [4.69, 9.17) is 4.74 Å². The molecule has 6 nitrogen and oxygen atoms in total. The summed E-state index contributed by atoms with van der Waals surface area (Å²) in [6.45, 7) is 9.24. The van der Waals surface area contributed by atoms with Crippen molar-refractivity contribution in [1.82, 2.24) is 4.98 Å². The second-order valence-corrected chi connectivity index (χ2v) is 12.1. The van der Waals surface area contributed by atoms with Gasteiger partial charge in [0.05, 0.1) is 22.8 Å². The number of thiazole rings is 1. The molecular weight excluding hydrogens is 492 g/mol. The quantitative estimate of drug-likeness (QED) is 0.298. The lowest BCUT2D eigenvalue weighted by Gasteiger charge is -2.38. The number of halogens is 2. The maximum absolute atomic E-state index is 14.0. The van der Waals surface area contributed by atoms with Crippen molar-refractivity contribution >= 4 is 45.9 Å². The highest BCUT2D eigenvalue weighted by Crippen LogP contribution is 2.40. The molecule has 192 valence electrons. The Hall–Kier alpha value is -2.20. The summed E-state index contributed by atoms with van der Waals surface area (Å²) in [5.41, 5.74) is 0.545. The number of hydrogen-bond acceptors (Lipinski definition) is 6. The number of benzene rings is 1. The summed E-state index contributed by atoms with van der Waals surface area (Å²) < 4.78 is 33.3. The predicted molar refractivity (Wildman–Crippen MR) is 137 cm³/mol. The summed E-state index contributed by atoms with van der Waals surface area (Å²) in [7, 11) is 0. The van der Waals surface area contributed by atoms with Gasteiger partial charge >= 0.3 is 12.0 Å². The van der Waals surface area contributed by atoms with Gasteiger partial charge in [0, 0.05) is 18.3 Å². The molecule has 1 aromatic carbocycles. The van der Waals surface area contributed by atoms with Crippen molar-refractivity contribution in [1.29, 1.82) is 0 Å². The normalized spacial score (nSPS) is 18.2. The van der Waals surface area contributed by atoms with Crippen LogP contribution in [0.1, 0.15) is 53.4 Å². The van der Waals surface area contributed by atoms with Gasteiger partial charge in [-0.25, -0.2) is 18.6 Å². The first-order valence-electron chi connectivity index (χ1n) is 11.8. The van der Waals surface area contributed by atoms with E-state index in [9.17, 15) is 18.4 Å². The first kappa shape index (κ1) is 27.4. The van der Waals surface area contributed by atoms with Gasteiger partial charge in [-0.1, -0.05) is 32.1 Å². The summed E-state index contributed by atoms with van der Waals surface area (Å²) in [6.07, 6.45) is 5.69. The second kappa shape index (κ2) is 12.2. The average molecular weight is 526 g/mol. The fourth-order valence-corrected chi connectivity index (χ4v) is 5.96. The fraction of sp³-hybridized carbons (Fsp3) is 0.560. The van der Waals surface area contributed by atoms with Crippen LogP contribution in [0.25, 0.3) is 0 Å². The number of carbonyl (C=O) groups excluding carboxylic acids is 2. The zero-order valence-corrected chi connectivity index (χ0v) is 22.2. The SMILES string of the molecule is CCOC(=O)CSc1cnc(NC(=O)N(CC2CCC(C(C)(C)C)CC2)c2ccc(F)c(F)c2)s1. The molecule has 0 spiro atoms. The topological polar surface area (TPSA) is 71.5 Å². The monoisotopic (exact) mass is 525 g/mol. The van der Waals surface area contributed by atoms with Crippen molar-refractivity contribution in [2.45, 2.75) is 57.6 Å². The van der Waals surface area contributed by atoms with Crippen LogP contribution in [0.15, 0.2) is 28.6 Å². The summed E-state index contributed by atoms with van der Waals surface area (Å²) in [6, 6.07) is 3.05. The van der Waals surface area contributed by atoms with Crippen molar-refractivity contribution in [3.63, 3.8) is 0 Å². The van der Waals surface area contributed by atoms with Crippen molar-refractivity contribution < 1.29 is 23.1 Å². The number of aromatic nitrogens is 1. The minimum atomic E-state index is -0.997. The minimum Gasteiger partial charge on any atom is -0.465 e. The highest BCUT2D eigenvalue weighted by atomic mass is 32.2. The zero-order chi connectivity index (χ0) is 25.6. The van der Waals surface area contributed by atoms with Gasteiger partial charge in [-0.05, 0) is 62.0 Å². The maximum Gasteiger partial charge on any atom is 0.328 e. The van der Waals surface area contributed by atoms with Crippen molar-refractivity contribution in [3.05, 3.63) is 36.0 Å². The Labute approximate surface area is 213 Å². The van der Waals surface area contributed by atoms with Gasteiger partial charge in [0.25, 0.3) is 0 Å². The third kappa shape index (κ3) is 7.90. The number of rotatable bonds is 8. The molecule has 0 bridgehead atoms. The standard InChI is InChI=1S/C25H33F2N3O3S2/c1-5-33-21(31)15-34-22-13-28-23(35-22)29-24(32)30(18-10-11-19(26)20(27)12-18)14-16-6-8-17(9-7-16)25(2,3)4/h10-13,16-17H,5-9,14-15H2,1-4H3,(H,28,29,32). The number of amides is 2. The van der Waals surface area contributed by atoms with Gasteiger partial charge in [0.15, 0.2) is 16.8 Å². The molecule has 0 aliphatic heterocycles. The van der Waals surface area contributed by atoms with E-state index in [1.54, 1.807) is 13.1 Å². The average Bonchev–Trinajstić information content (AvgIpc) is 3.25. The second-order valence-electron chi connectivity index (χ2n) is 9.80. The van der Waals surface area contributed by atoms with Crippen molar-refractivity contribution in [3.8, 4) is 0 Å². The van der Waals surface area contributed by atoms with E-state index in [-0.39, 0.29) is 23.1 Å². The molecule has 1 aromatic heterocycles. The highest BCUT2D eigenvalue weighted by molar-refractivity contribution is 8.01. The van der Waals surface area contributed by atoms with Gasteiger partial charge in [-0.15, -0.1) is 11.8 Å². The van der Waals surface area contributed by atoms with Gasteiger partial charge in [-0.3, -0.25) is 15.0 Å². The number of ether oxygens (including phenoxy) is 1. The Balaban J connectivity index is 1.69. The molecule has 0 saturated heterocycles. The molecule has 0 unspecified atom stereocenters. The van der Waals surface area contributed by atoms with E-state index in [0.29, 0.717) is 29.9 Å². The molecule has 1 saturated carbocycles. The van der Waals surface area contributed by atoms with Crippen LogP contribution in [-0.4, -0.2) is 35.9 Å². The Bertz CT molecular complexity index is 1020. The van der Waals surface area contributed by atoms with E-state index in [1.165, 1.54) is 34.1 Å². The molecule has 0 radical (unpaired) electrons. The molecule has 35 heavy (non-hydrogen) atoms.